The van der Waals surface area contributed by atoms with Crippen molar-refractivity contribution in [3.8, 4) is 79.0 Å². The van der Waals surface area contributed by atoms with Crippen molar-refractivity contribution >= 4 is 79.7 Å². The number of carbonyl (C=O) groups excluding carboxylic acids is 4. The number of fused-ring (bicyclic) bond motifs is 2. The molecule has 2 aromatic heterocycles. The smallest absolute Gasteiger partial charge is 0.354 e. The van der Waals surface area contributed by atoms with Crippen molar-refractivity contribution in [3.05, 3.63) is 297 Å². The zero-order chi connectivity index (χ0) is 87.2. The Labute approximate surface area is 731 Å². The Morgan fingerprint density at radius 3 is 1.31 bits per heavy atom. The average Bonchev–Trinajstić information content (AvgIpc) is 1.50. The fourth-order valence-corrected chi connectivity index (χ4v) is 17.8. The summed E-state index contributed by atoms with van der Waals surface area (Å²) in [6, 6.07) is 65.7. The minimum Gasteiger partial charge on any atom is -0.497 e. The molecule has 0 radical (unpaired) electrons. The number of pyridine rings is 1. The molecule has 2 aliphatic heterocycles. The number of benzene rings is 10. The molecule has 6 aliphatic rings. The number of carboxylic acids is 2. The van der Waals surface area contributed by atoms with Gasteiger partial charge in [-0.15, -0.1) is 0 Å². The second kappa shape index (κ2) is 35.9. The number of nitrogens with one attached hydrogen (secondary N) is 5. The third-order valence-electron chi connectivity index (χ3n) is 24.1. The van der Waals surface area contributed by atoms with Gasteiger partial charge in [-0.2, -0.15) is 11.3 Å². The van der Waals surface area contributed by atoms with Crippen LogP contribution in [0.15, 0.2) is 240 Å². The van der Waals surface area contributed by atoms with Gasteiger partial charge in [-0.1, -0.05) is 104 Å². The van der Waals surface area contributed by atoms with Gasteiger partial charge in [-0.05, 0) is 319 Å². The number of anilines is 4. The van der Waals surface area contributed by atoms with E-state index in [1.54, 1.807) is 62.0 Å². The Morgan fingerprint density at radius 2 is 0.855 bits per heavy atom. The molecular formula is C99H105FN6O16S2. The van der Waals surface area contributed by atoms with Crippen molar-refractivity contribution in [1.82, 2.24) is 9.71 Å². The van der Waals surface area contributed by atoms with Gasteiger partial charge in [0, 0.05) is 37.5 Å². The van der Waals surface area contributed by atoms with E-state index in [2.05, 4.69) is 67.7 Å². The third kappa shape index (κ3) is 18.2. The number of rotatable bonds is 22. The number of amides is 4. The molecule has 0 bridgehead atoms. The van der Waals surface area contributed by atoms with Crippen LogP contribution < -0.4 is 54.4 Å². The number of halogens is 1. The number of hydrogen-bond acceptors (Lipinski definition) is 16. The van der Waals surface area contributed by atoms with Gasteiger partial charge in [0.1, 0.15) is 23.0 Å². The van der Waals surface area contributed by atoms with Crippen LogP contribution in [0.4, 0.5) is 27.1 Å². The van der Waals surface area contributed by atoms with E-state index >= 15 is 0 Å². The summed E-state index contributed by atoms with van der Waals surface area (Å²) in [5.41, 5.74) is 15.5. The van der Waals surface area contributed by atoms with E-state index in [9.17, 15) is 51.8 Å². The van der Waals surface area contributed by atoms with Gasteiger partial charge in [0.05, 0.1) is 46.3 Å². The zero-order valence-corrected chi connectivity index (χ0v) is 71.1. The first-order valence-electron chi connectivity index (χ1n) is 40.8. The molecule has 0 spiro atoms. The van der Waals surface area contributed by atoms with Crippen LogP contribution in [-0.4, -0.2) is 94.0 Å². The Morgan fingerprint density at radius 1 is 0.419 bits per heavy atom. The molecule has 4 fully saturated rings. The molecule has 7 N–H and O–H groups in total. The number of carbonyl (C=O) groups is 6. The SMILES string of the molecule is CNS(=O)(=O)c1ccc(-c2cccc(NC(=O)C3(c4ccc(OC)cc4)CCCCC3)c2)cc1.COc1ccc(C2(C(=O)Nc3ccc(C)c(-c4ccc(F)c(C(=O)O)c4)c3)CC2)cc1.Cc1ccc(NC(=O)C2(c3ccc4c(c3)OCO4)CC2)cc1-c1ccnc(C(=O)O)c1.Cc1cscc1-c1cc(NC(=O)C2(c3ccc4c(c3)OCO4)CC2)ccc1C.[HH].[HH].[HH].[HH].[HH].[HH]. The number of aromatic carboxylic acids is 2. The number of aryl methyl sites for hydroxylation is 4. The second-order valence-electron chi connectivity index (χ2n) is 31.9. The van der Waals surface area contributed by atoms with E-state index in [1.807, 2.05) is 159 Å². The molecule has 4 aliphatic carbocycles. The summed E-state index contributed by atoms with van der Waals surface area (Å²) in [7, 11) is 1.14. The highest BCUT2D eigenvalue weighted by Crippen LogP contribution is 2.54. The van der Waals surface area contributed by atoms with Crippen molar-refractivity contribution in [1.29, 1.82) is 0 Å². The maximum atomic E-state index is 13.8. The molecule has 25 heteroatoms. The maximum Gasteiger partial charge on any atom is 0.354 e. The van der Waals surface area contributed by atoms with Gasteiger partial charge in [0.2, 0.25) is 47.2 Å². The number of aromatic nitrogens is 1. The molecule has 18 rings (SSSR count). The highest BCUT2D eigenvalue weighted by atomic mass is 32.2. The lowest BCUT2D eigenvalue weighted by Crippen LogP contribution is -2.42. The van der Waals surface area contributed by atoms with Gasteiger partial charge in [0.25, 0.3) is 0 Å². The summed E-state index contributed by atoms with van der Waals surface area (Å²) in [5.74, 6) is 1.06. The largest absolute Gasteiger partial charge is 0.497 e. The van der Waals surface area contributed by atoms with Gasteiger partial charge in [-0.3, -0.25) is 19.2 Å². The second-order valence-corrected chi connectivity index (χ2v) is 34.5. The topological polar surface area (TPSA) is 305 Å². The van der Waals surface area contributed by atoms with Crippen LogP contribution in [0.5, 0.6) is 34.5 Å². The highest BCUT2D eigenvalue weighted by Gasteiger charge is 2.54. The van der Waals surface area contributed by atoms with Crippen LogP contribution in [0.25, 0.3) is 44.5 Å². The van der Waals surface area contributed by atoms with Crippen LogP contribution in [0, 0.1) is 33.5 Å². The first-order chi connectivity index (χ1) is 59.7. The van der Waals surface area contributed by atoms with Gasteiger partial charge < -0.3 is 59.9 Å². The third-order valence-corrected chi connectivity index (χ3v) is 26.4. The molecule has 0 saturated heterocycles. The highest BCUT2D eigenvalue weighted by molar-refractivity contribution is 7.89. The number of carboxylic acid groups (broad SMARTS) is 2. The van der Waals surface area contributed by atoms with Gasteiger partial charge in [0.15, 0.2) is 23.0 Å². The number of nitrogens with zero attached hydrogens (tertiary/aromatic N) is 1. The van der Waals surface area contributed by atoms with Crippen LogP contribution in [0.1, 0.15) is 145 Å². The molecule has 4 saturated carbocycles. The predicted molar refractivity (Wildman–Crippen MR) is 488 cm³/mol. The standard InChI is InChI=1S/C27H30N2O4S.C25H22FNO4.C24H20N2O5.C23H21NO3S.6H2/c1-28-34(31,32)25-15-9-20(10-16-25)21-7-6-8-23(19-21)29-26(30)27(17-4-3-5-18-27)22-11-13-24(33-2)14-12-22;1-15-3-7-18(14-20(15)16-4-10-22(26)21(13-16)23(28)29)27-24(30)25(11-12-25)17-5-8-19(31-2)9-6-17;1-14-2-4-17(12-18(14)15-6-9-25-19(10-15)22(27)28)26-23(29)24(7-8-24)16-3-5-20-21(11-16)31-13-30-20;1-14-3-5-17(10-18(14)19-12-28-11-15(19)2)24-22(25)23(7-8-23)16-4-6-20-21(9-16)27-13-26-20;;;;;;/h6-16,19,28H,3-5,17-18H2,1-2H3,(H,29,30);3-10,13-14H,11-12H2,1-2H3,(H,27,30)(H,28,29);2-6,9-12H,7-8,13H2,1H3,(H,26,29)(H,27,28);3-6,9-12H,7-8,13H2,1-2H3,(H,24,25);6*1H. The molecule has 0 unspecified atom stereocenters. The summed E-state index contributed by atoms with van der Waals surface area (Å²) in [5, 5.41) is 35.1. The summed E-state index contributed by atoms with van der Waals surface area (Å²) in [6.45, 7) is 8.48. The van der Waals surface area contributed by atoms with Crippen molar-refractivity contribution in [3.63, 3.8) is 0 Å². The van der Waals surface area contributed by atoms with Crippen LogP contribution >= 0.6 is 11.3 Å². The molecule has 12 aromatic rings. The lowest BCUT2D eigenvalue weighted by Gasteiger charge is -2.36. The number of sulfonamides is 1. The van der Waals surface area contributed by atoms with E-state index in [0.717, 1.165) is 167 Å². The Balaban J connectivity index is 0.000000193. The van der Waals surface area contributed by atoms with E-state index in [0.29, 0.717) is 34.1 Å². The van der Waals surface area contributed by atoms with Crippen molar-refractivity contribution in [2.45, 2.75) is 125 Å². The van der Waals surface area contributed by atoms with Crippen LogP contribution in [-0.2, 0) is 50.9 Å². The summed E-state index contributed by atoms with van der Waals surface area (Å²) >= 11 is 1.70. The molecule has 22 nitrogen and oxygen atoms in total. The monoisotopic (exact) mass is 1720 g/mol. The van der Waals surface area contributed by atoms with E-state index in [1.165, 1.54) is 53.7 Å². The van der Waals surface area contributed by atoms with Crippen LogP contribution in [0.3, 0.4) is 0 Å². The summed E-state index contributed by atoms with van der Waals surface area (Å²) < 4.78 is 72.3. The molecule has 4 heterocycles. The zero-order valence-electron chi connectivity index (χ0n) is 69.5. The number of ether oxygens (including phenoxy) is 6. The van der Waals surface area contributed by atoms with E-state index in [-0.39, 0.29) is 61.9 Å². The Hall–Kier alpha value is -13.5. The normalized spacial score (nSPS) is 15.2. The molecule has 124 heavy (non-hydrogen) atoms. The molecular weight excluding hydrogens is 1610 g/mol. The van der Waals surface area contributed by atoms with Crippen molar-refractivity contribution < 1.29 is 88.8 Å². The average molecular weight is 1720 g/mol. The minimum atomic E-state index is -3.49. The molecule has 4 amide bonds. The molecule has 10 aromatic carbocycles. The fourth-order valence-electron chi connectivity index (χ4n) is 16.3. The number of hydrogen-bond donors (Lipinski definition) is 7. The lowest BCUT2D eigenvalue weighted by atomic mass is 9.68. The van der Waals surface area contributed by atoms with Crippen molar-refractivity contribution in [2.75, 3.05) is 56.1 Å². The van der Waals surface area contributed by atoms with Gasteiger partial charge >= 0.3 is 11.9 Å². The quantitative estimate of drug-likeness (QED) is 0.0332. The van der Waals surface area contributed by atoms with Gasteiger partial charge in [-0.25, -0.2) is 32.1 Å². The summed E-state index contributed by atoms with van der Waals surface area (Å²) in [6.07, 6.45) is 11.0. The minimum absolute atomic E-state index is 0. The molecule has 0 atom stereocenters. The molecule has 646 valence electrons. The predicted octanol–water partition coefficient (Wildman–Crippen LogP) is 21.4. The number of thiophene rings is 1. The number of methoxy groups -OCH3 is 2. The lowest BCUT2D eigenvalue weighted by molar-refractivity contribution is -0.123. The fraction of sp³-hybridized carbons (Fsp3) is 0.242. The Kier molecular flexibility index (Phi) is 24.8. The Bertz CT molecular complexity index is 6250. The van der Waals surface area contributed by atoms with Crippen molar-refractivity contribution in [2.24, 2.45) is 0 Å². The first-order valence-corrected chi connectivity index (χ1v) is 43.2. The first kappa shape index (κ1) is 85.5. The van der Waals surface area contributed by atoms with Crippen LogP contribution in [0.2, 0.25) is 0 Å². The summed E-state index contributed by atoms with van der Waals surface area (Å²) in [4.78, 5) is 79.8. The van der Waals surface area contributed by atoms with E-state index in [4.69, 9.17) is 28.4 Å². The van der Waals surface area contributed by atoms with E-state index < -0.39 is 49.4 Å². The maximum absolute atomic E-state index is 13.8.